The van der Waals surface area contributed by atoms with Crippen LogP contribution in [0.15, 0.2) is 24.3 Å². The van der Waals surface area contributed by atoms with Gasteiger partial charge in [-0.25, -0.2) is 0 Å². The topological polar surface area (TPSA) is 53.0 Å². The van der Waals surface area contributed by atoms with Gasteiger partial charge in [-0.05, 0) is 31.9 Å². The van der Waals surface area contributed by atoms with E-state index in [9.17, 15) is 4.79 Å². The minimum absolute atomic E-state index is 0.0633. The summed E-state index contributed by atoms with van der Waals surface area (Å²) < 4.78 is 0. The van der Waals surface area contributed by atoms with E-state index in [1.807, 2.05) is 24.1 Å². The van der Waals surface area contributed by atoms with Gasteiger partial charge in [-0.3, -0.25) is 4.79 Å². The number of carbonyl (C=O) groups is 1. The number of quaternary nitrogens is 2. The van der Waals surface area contributed by atoms with Gasteiger partial charge in [-0.2, -0.15) is 5.26 Å². The Bertz CT molecular complexity index is 652. The molecule has 5 heteroatoms. The van der Waals surface area contributed by atoms with Gasteiger partial charge in [0.25, 0.3) is 5.91 Å². The van der Waals surface area contributed by atoms with Crippen molar-refractivity contribution in [2.45, 2.75) is 57.7 Å². The summed E-state index contributed by atoms with van der Waals surface area (Å²) in [6.07, 6.45) is 6.20. The molecule has 0 aromatic heterocycles. The summed E-state index contributed by atoms with van der Waals surface area (Å²) in [5.41, 5.74) is 2.01. The zero-order valence-corrected chi connectivity index (χ0v) is 16.8. The van der Waals surface area contributed by atoms with E-state index in [-0.39, 0.29) is 6.04 Å². The van der Waals surface area contributed by atoms with Crippen LogP contribution in [0.3, 0.4) is 0 Å². The fourth-order valence-electron chi connectivity index (χ4n) is 4.65. The third-order valence-electron chi connectivity index (χ3n) is 6.59. The normalized spacial score (nSPS) is 24.8. The molecule has 1 aliphatic heterocycles. The Hall–Kier alpha value is -1.90. The molecule has 0 spiro atoms. The Morgan fingerprint density at radius 2 is 1.78 bits per heavy atom. The van der Waals surface area contributed by atoms with Crippen molar-refractivity contribution in [1.29, 1.82) is 5.26 Å². The van der Waals surface area contributed by atoms with E-state index in [1.54, 1.807) is 4.90 Å². The predicted octanol–water partition coefficient (Wildman–Crippen LogP) is 0.0213. The number of hydrogen-bond donors (Lipinski definition) is 2. The van der Waals surface area contributed by atoms with Crippen molar-refractivity contribution in [2.24, 2.45) is 0 Å². The van der Waals surface area contributed by atoms with E-state index in [2.05, 4.69) is 25.1 Å². The van der Waals surface area contributed by atoms with Crippen molar-refractivity contribution in [2.75, 3.05) is 33.2 Å². The number of likely N-dealkylation sites (N-methyl/N-ethyl adjacent to an activating group) is 1. The molecule has 1 aromatic rings. The number of hydrogen-bond acceptors (Lipinski definition) is 2. The van der Waals surface area contributed by atoms with Crippen LogP contribution >= 0.6 is 0 Å². The standard InChI is InChI=1S/C22H32N4O/c1-18(22(27)24(2)21-6-4-3-5-7-21)26-14-12-25(13-15-26)17-20-10-8-19(16-23)9-11-20/h8-11,18,21H,3-7,12-15,17H2,1-2H3/p+2/t18-/m0/s1. The quantitative estimate of drug-likeness (QED) is 0.768. The Morgan fingerprint density at radius 3 is 2.37 bits per heavy atom. The number of carbonyl (C=O) groups excluding carboxylic acids is 1. The lowest BCUT2D eigenvalue weighted by Crippen LogP contribution is -3.29. The molecular formula is C22H34N4O+2. The monoisotopic (exact) mass is 370 g/mol. The van der Waals surface area contributed by atoms with Gasteiger partial charge >= 0.3 is 0 Å². The SMILES string of the molecule is C[C@@H](C(=O)N(C)C1CCCCC1)[NH+]1CC[NH+](Cc2ccc(C#N)cc2)CC1. The highest BCUT2D eigenvalue weighted by molar-refractivity contribution is 5.80. The van der Waals surface area contributed by atoms with Gasteiger partial charge in [0.2, 0.25) is 0 Å². The van der Waals surface area contributed by atoms with Crippen LogP contribution in [0.1, 0.15) is 50.2 Å². The maximum absolute atomic E-state index is 12.9. The lowest BCUT2D eigenvalue weighted by Gasteiger charge is -2.37. The predicted molar refractivity (Wildman–Crippen MR) is 105 cm³/mol. The van der Waals surface area contributed by atoms with Crippen LogP contribution in [-0.2, 0) is 11.3 Å². The largest absolute Gasteiger partial charge is 0.338 e. The van der Waals surface area contributed by atoms with Gasteiger partial charge in [0.15, 0.2) is 6.04 Å². The zero-order valence-electron chi connectivity index (χ0n) is 16.8. The molecule has 3 rings (SSSR count). The molecule has 1 heterocycles. The summed E-state index contributed by atoms with van der Waals surface area (Å²) in [7, 11) is 2.01. The Morgan fingerprint density at radius 1 is 1.15 bits per heavy atom. The molecule has 1 atom stereocenters. The second-order valence-electron chi connectivity index (χ2n) is 8.36. The summed E-state index contributed by atoms with van der Waals surface area (Å²) in [5, 5.41) is 8.91. The Balaban J connectivity index is 1.47. The second-order valence-corrected chi connectivity index (χ2v) is 8.36. The third kappa shape index (κ3) is 5.09. The summed E-state index contributed by atoms with van der Waals surface area (Å²) in [5.74, 6) is 0.326. The van der Waals surface area contributed by atoms with Gasteiger partial charge in [0.05, 0.1) is 11.6 Å². The molecule has 146 valence electrons. The second kappa shape index (κ2) is 9.34. The van der Waals surface area contributed by atoms with Gasteiger partial charge in [0.1, 0.15) is 32.7 Å². The molecule has 2 fully saturated rings. The van der Waals surface area contributed by atoms with Crippen LogP contribution in [0, 0.1) is 11.3 Å². The fraction of sp³-hybridized carbons (Fsp3) is 0.636. The molecular weight excluding hydrogens is 336 g/mol. The molecule has 1 saturated carbocycles. The van der Waals surface area contributed by atoms with E-state index in [1.165, 1.54) is 42.6 Å². The molecule has 0 unspecified atom stereocenters. The van der Waals surface area contributed by atoms with Crippen molar-refractivity contribution in [3.05, 3.63) is 35.4 Å². The van der Waals surface area contributed by atoms with Gasteiger partial charge in [-0.15, -0.1) is 0 Å². The van der Waals surface area contributed by atoms with Gasteiger partial charge in [0, 0.05) is 18.7 Å². The zero-order chi connectivity index (χ0) is 19.2. The molecule has 1 aliphatic carbocycles. The summed E-state index contributed by atoms with van der Waals surface area (Å²) in [6.45, 7) is 7.42. The first-order valence-corrected chi connectivity index (χ1v) is 10.5. The lowest BCUT2D eigenvalue weighted by molar-refractivity contribution is -1.02. The van der Waals surface area contributed by atoms with Crippen molar-refractivity contribution < 1.29 is 14.6 Å². The minimum Gasteiger partial charge on any atom is -0.338 e. The highest BCUT2D eigenvalue weighted by atomic mass is 16.2. The molecule has 2 N–H and O–H groups in total. The molecule has 0 radical (unpaired) electrons. The minimum atomic E-state index is 0.0633. The first kappa shape index (κ1) is 19.9. The summed E-state index contributed by atoms with van der Waals surface area (Å²) in [6, 6.07) is 10.6. The van der Waals surface area contributed by atoms with Gasteiger partial charge < -0.3 is 14.7 Å². The molecule has 0 bridgehead atoms. The number of nitriles is 1. The van der Waals surface area contributed by atoms with E-state index >= 15 is 0 Å². The van der Waals surface area contributed by atoms with E-state index in [0.717, 1.165) is 38.3 Å². The Kier molecular flexibility index (Phi) is 6.87. The highest BCUT2D eigenvalue weighted by Gasteiger charge is 2.34. The van der Waals surface area contributed by atoms with Crippen LogP contribution in [0.4, 0.5) is 0 Å². The van der Waals surface area contributed by atoms with Crippen LogP contribution in [-0.4, -0.2) is 56.1 Å². The van der Waals surface area contributed by atoms with Crippen LogP contribution in [0.25, 0.3) is 0 Å². The maximum Gasteiger partial charge on any atom is 0.280 e. The molecule has 1 aromatic carbocycles. The third-order valence-corrected chi connectivity index (χ3v) is 6.59. The number of rotatable bonds is 5. The molecule has 2 aliphatic rings. The van der Waals surface area contributed by atoms with E-state index in [4.69, 9.17) is 5.26 Å². The lowest BCUT2D eigenvalue weighted by atomic mass is 9.94. The first-order valence-electron chi connectivity index (χ1n) is 10.5. The smallest absolute Gasteiger partial charge is 0.280 e. The van der Waals surface area contributed by atoms with E-state index < -0.39 is 0 Å². The Labute approximate surface area is 163 Å². The molecule has 5 nitrogen and oxygen atoms in total. The highest BCUT2D eigenvalue weighted by Crippen LogP contribution is 2.21. The van der Waals surface area contributed by atoms with Crippen molar-refractivity contribution >= 4 is 5.91 Å². The number of amides is 1. The van der Waals surface area contributed by atoms with Crippen molar-refractivity contribution in [1.82, 2.24) is 4.90 Å². The average molecular weight is 371 g/mol. The van der Waals surface area contributed by atoms with Gasteiger partial charge in [-0.1, -0.05) is 31.4 Å². The molecule has 1 amide bonds. The maximum atomic E-state index is 12.9. The number of benzene rings is 1. The average Bonchev–Trinajstić information content (AvgIpc) is 2.74. The van der Waals surface area contributed by atoms with Crippen LogP contribution < -0.4 is 9.80 Å². The van der Waals surface area contributed by atoms with E-state index in [0.29, 0.717) is 11.9 Å². The summed E-state index contributed by atoms with van der Waals surface area (Å²) in [4.78, 5) is 18.0. The van der Waals surface area contributed by atoms with Crippen LogP contribution in [0.5, 0.6) is 0 Å². The van der Waals surface area contributed by atoms with Crippen molar-refractivity contribution in [3.63, 3.8) is 0 Å². The summed E-state index contributed by atoms with van der Waals surface area (Å²) >= 11 is 0. The number of nitrogens with one attached hydrogen (secondary N) is 2. The number of nitrogens with zero attached hydrogens (tertiary/aromatic N) is 2. The number of piperazine rings is 1. The fourth-order valence-corrected chi connectivity index (χ4v) is 4.65. The molecule has 27 heavy (non-hydrogen) atoms. The first-order chi connectivity index (χ1) is 13.1. The molecule has 1 saturated heterocycles. The van der Waals surface area contributed by atoms with Crippen molar-refractivity contribution in [3.8, 4) is 6.07 Å². The van der Waals surface area contributed by atoms with Crippen LogP contribution in [0.2, 0.25) is 0 Å².